The number of pyridine rings is 1. The number of aryl methyl sites for hydroxylation is 3. The minimum atomic E-state index is -2.69. The van der Waals surface area contributed by atoms with Crippen molar-refractivity contribution < 1.29 is 24.1 Å². The van der Waals surface area contributed by atoms with Crippen molar-refractivity contribution in [3.8, 4) is 10.6 Å². The van der Waals surface area contributed by atoms with Crippen LogP contribution in [0.2, 0.25) is 0 Å². The second-order valence-electron chi connectivity index (χ2n) is 9.65. The van der Waals surface area contributed by atoms with Gasteiger partial charge >= 0.3 is 0 Å². The molecule has 3 aromatic heterocycles. The molecule has 0 saturated heterocycles. The third kappa shape index (κ3) is 4.44. The van der Waals surface area contributed by atoms with Crippen LogP contribution >= 0.6 is 11.3 Å². The fourth-order valence-electron chi connectivity index (χ4n) is 4.90. The Morgan fingerprint density at radius 2 is 1.86 bits per heavy atom. The van der Waals surface area contributed by atoms with Crippen LogP contribution in [0.5, 0.6) is 0 Å². The molecule has 188 valence electrons. The minimum absolute atomic E-state index is 0.152. The topological polar surface area (TPSA) is 136 Å². The van der Waals surface area contributed by atoms with E-state index in [9.17, 15) is 24.1 Å². The molecule has 0 radical (unpaired) electrons. The average molecular weight is 507 g/mol. The number of alkyl halides is 2. The Morgan fingerprint density at radius 1 is 1.11 bits per heavy atom. The van der Waals surface area contributed by atoms with E-state index in [1.165, 1.54) is 11.3 Å². The normalized spacial score (nSPS) is 26.2. The molecule has 5 N–H and O–H groups in total. The third-order valence-electron chi connectivity index (χ3n) is 6.81. The number of anilines is 2. The zero-order valence-corrected chi connectivity index (χ0v) is 20.5. The number of aliphatic hydroxyl groups is 3. The van der Waals surface area contributed by atoms with E-state index in [0.717, 1.165) is 21.6 Å². The highest BCUT2D eigenvalue weighted by molar-refractivity contribution is 7.21. The van der Waals surface area contributed by atoms with Gasteiger partial charge < -0.3 is 26.0 Å². The Morgan fingerprint density at radius 3 is 2.51 bits per heavy atom. The summed E-state index contributed by atoms with van der Waals surface area (Å²) in [7, 11) is 0. The van der Waals surface area contributed by atoms with Gasteiger partial charge in [0.1, 0.15) is 22.4 Å². The van der Waals surface area contributed by atoms with Gasteiger partial charge in [-0.25, -0.2) is 18.7 Å². The Kier molecular flexibility index (Phi) is 5.90. The zero-order valence-electron chi connectivity index (χ0n) is 19.6. The van der Waals surface area contributed by atoms with E-state index in [-0.39, 0.29) is 37.6 Å². The van der Waals surface area contributed by atoms with Crippen molar-refractivity contribution in [2.45, 2.75) is 70.2 Å². The number of aliphatic hydroxyl groups excluding tert-OH is 2. The highest BCUT2D eigenvalue weighted by Gasteiger charge is 2.48. The molecule has 35 heavy (non-hydrogen) atoms. The van der Waals surface area contributed by atoms with Gasteiger partial charge in [0.2, 0.25) is 5.95 Å². The number of hydrogen-bond donors (Lipinski definition) is 5. The summed E-state index contributed by atoms with van der Waals surface area (Å²) in [5, 5.41) is 38.0. The molecule has 3 atom stereocenters. The fourth-order valence-corrected chi connectivity index (χ4v) is 6.11. The van der Waals surface area contributed by atoms with Crippen LogP contribution in [0.15, 0.2) is 6.07 Å². The first-order chi connectivity index (χ1) is 16.5. The second kappa shape index (κ2) is 8.54. The van der Waals surface area contributed by atoms with Crippen molar-refractivity contribution in [3.63, 3.8) is 0 Å². The first-order valence-corrected chi connectivity index (χ1v) is 12.4. The number of nitrogens with zero attached hydrogens (tertiary/aromatic N) is 4. The molecule has 2 saturated carbocycles. The lowest BCUT2D eigenvalue weighted by Gasteiger charge is -2.35. The summed E-state index contributed by atoms with van der Waals surface area (Å²) in [6, 6.07) is 1.49. The van der Waals surface area contributed by atoms with Crippen LogP contribution in [-0.4, -0.2) is 65.7 Å². The summed E-state index contributed by atoms with van der Waals surface area (Å²) in [6.07, 6.45) is -1.20. The minimum Gasteiger partial charge on any atom is -0.396 e. The van der Waals surface area contributed by atoms with Gasteiger partial charge in [0, 0.05) is 37.1 Å². The lowest BCUT2D eigenvalue weighted by atomic mass is 9.88. The van der Waals surface area contributed by atoms with E-state index in [1.807, 2.05) is 19.9 Å². The van der Waals surface area contributed by atoms with Crippen molar-refractivity contribution in [2.75, 3.05) is 17.2 Å². The van der Waals surface area contributed by atoms with Gasteiger partial charge in [-0.05, 0) is 39.7 Å². The largest absolute Gasteiger partial charge is 0.396 e. The molecule has 0 aliphatic heterocycles. The van der Waals surface area contributed by atoms with Crippen molar-refractivity contribution in [2.24, 2.45) is 5.92 Å². The van der Waals surface area contributed by atoms with Gasteiger partial charge in [-0.1, -0.05) is 0 Å². The van der Waals surface area contributed by atoms with Gasteiger partial charge in [0.25, 0.3) is 5.92 Å². The first kappa shape index (κ1) is 24.2. The van der Waals surface area contributed by atoms with E-state index in [4.69, 9.17) is 4.98 Å². The number of halogens is 2. The molecule has 12 heteroatoms. The van der Waals surface area contributed by atoms with Crippen molar-refractivity contribution in [1.82, 2.24) is 19.9 Å². The van der Waals surface area contributed by atoms with E-state index in [2.05, 4.69) is 25.6 Å². The number of hydrogen-bond acceptors (Lipinski definition) is 10. The molecule has 0 amide bonds. The van der Waals surface area contributed by atoms with Gasteiger partial charge in [-0.15, -0.1) is 11.3 Å². The summed E-state index contributed by atoms with van der Waals surface area (Å²) in [5.41, 5.74) is 1.75. The molecule has 0 spiro atoms. The molecule has 2 aliphatic carbocycles. The highest BCUT2D eigenvalue weighted by atomic mass is 32.1. The Balaban J connectivity index is 1.57. The maximum Gasteiger partial charge on any atom is 0.252 e. The van der Waals surface area contributed by atoms with E-state index >= 15 is 0 Å². The molecule has 3 heterocycles. The Bertz CT molecular complexity index is 1280. The molecule has 5 rings (SSSR count). The van der Waals surface area contributed by atoms with Gasteiger partial charge in [-0.2, -0.15) is 4.98 Å². The number of nitrogens with one attached hydrogen (secondary N) is 2. The van der Waals surface area contributed by atoms with Crippen LogP contribution in [-0.2, 0) is 0 Å². The number of fused-ring (bicyclic) bond motifs is 1. The second-order valence-corrected chi connectivity index (χ2v) is 10.7. The molecule has 0 unspecified atom stereocenters. The van der Waals surface area contributed by atoms with Crippen LogP contribution < -0.4 is 10.6 Å². The SMILES string of the molecule is Cc1cc2sc(-c3c(C)nc(NC4CC(F)(F)C4)nc3N[C@@]3(O)CC[C@H](CO)[C@H]3O)nc2c(C)n1. The lowest BCUT2D eigenvalue weighted by molar-refractivity contribution is -0.0794. The summed E-state index contributed by atoms with van der Waals surface area (Å²) < 4.78 is 27.6. The lowest BCUT2D eigenvalue weighted by Crippen LogP contribution is -2.48. The fraction of sp³-hybridized carbons (Fsp3) is 0.565. The van der Waals surface area contributed by atoms with E-state index in [1.54, 1.807) is 6.92 Å². The molecule has 9 nitrogen and oxygen atoms in total. The number of rotatable bonds is 6. The van der Waals surface area contributed by atoms with E-state index in [0.29, 0.717) is 22.7 Å². The molecule has 2 fully saturated rings. The summed E-state index contributed by atoms with van der Waals surface area (Å²) in [6.45, 7) is 5.30. The van der Waals surface area contributed by atoms with Crippen molar-refractivity contribution in [3.05, 3.63) is 23.1 Å². The molecular formula is C23H28F2N6O3S. The molecule has 0 bridgehead atoms. The van der Waals surface area contributed by atoms with Crippen LogP contribution in [0.4, 0.5) is 20.5 Å². The van der Waals surface area contributed by atoms with Crippen LogP contribution in [0.1, 0.15) is 42.8 Å². The van der Waals surface area contributed by atoms with Crippen molar-refractivity contribution in [1.29, 1.82) is 0 Å². The molecule has 3 aromatic rings. The predicted octanol–water partition coefficient (Wildman–Crippen LogP) is 3.15. The summed E-state index contributed by atoms with van der Waals surface area (Å²) in [4.78, 5) is 18.3. The Hall–Kier alpha value is -2.54. The van der Waals surface area contributed by atoms with Gasteiger partial charge in [0.15, 0.2) is 5.72 Å². The van der Waals surface area contributed by atoms with Crippen LogP contribution in [0.25, 0.3) is 20.8 Å². The molecular weight excluding hydrogens is 478 g/mol. The Labute approximate surface area is 204 Å². The van der Waals surface area contributed by atoms with Crippen molar-refractivity contribution >= 4 is 33.3 Å². The molecule has 0 aromatic carbocycles. The summed E-state index contributed by atoms with van der Waals surface area (Å²) >= 11 is 1.43. The predicted molar refractivity (Wildman–Crippen MR) is 129 cm³/mol. The van der Waals surface area contributed by atoms with Gasteiger partial charge in [0.05, 0.1) is 21.7 Å². The smallest absolute Gasteiger partial charge is 0.252 e. The summed E-state index contributed by atoms with van der Waals surface area (Å²) in [5.74, 6) is -2.79. The van der Waals surface area contributed by atoms with Gasteiger partial charge in [-0.3, -0.25) is 4.98 Å². The first-order valence-electron chi connectivity index (χ1n) is 11.6. The van der Waals surface area contributed by atoms with Crippen LogP contribution in [0.3, 0.4) is 0 Å². The average Bonchev–Trinajstić information content (AvgIpc) is 3.27. The standard InChI is InChI=1S/C23H28F2N6O3S/c1-10-6-15-17(12(3)26-10)29-20(35-15)16-11(2)27-21(28-14-7-22(24,25)8-14)30-19(16)31-23(34)5-4-13(9-32)18(23)33/h6,13-14,18,32-34H,4-5,7-9H2,1-3H3,(H2,27,28,30,31)/t13-,18-,23-/m1/s1. The number of thiazole rings is 1. The highest BCUT2D eigenvalue weighted by Crippen LogP contribution is 2.42. The third-order valence-corrected chi connectivity index (χ3v) is 7.83. The molecule has 2 aliphatic rings. The van der Waals surface area contributed by atoms with Crippen LogP contribution in [0, 0.1) is 26.7 Å². The maximum absolute atomic E-state index is 13.3. The monoisotopic (exact) mass is 506 g/mol. The zero-order chi connectivity index (χ0) is 25.1. The quantitative estimate of drug-likeness (QED) is 0.319. The maximum atomic E-state index is 13.3. The number of aromatic nitrogens is 4. The van der Waals surface area contributed by atoms with E-state index < -0.39 is 29.7 Å².